The van der Waals surface area contributed by atoms with Gasteiger partial charge in [-0.3, -0.25) is 0 Å². The van der Waals surface area contributed by atoms with E-state index in [0.29, 0.717) is 12.6 Å². The van der Waals surface area contributed by atoms with E-state index in [-0.39, 0.29) is 5.75 Å². The van der Waals surface area contributed by atoms with E-state index in [1.165, 1.54) is 15.4 Å². The third kappa shape index (κ3) is 4.18. The van der Waals surface area contributed by atoms with E-state index in [4.69, 9.17) is 4.74 Å². The molecule has 0 heterocycles. The molecule has 0 aromatic heterocycles. The van der Waals surface area contributed by atoms with Gasteiger partial charge in [-0.15, -0.1) is 0 Å². The molecule has 0 amide bonds. The average molecular weight is 312 g/mol. The van der Waals surface area contributed by atoms with Crippen LogP contribution < -0.4 is 10.1 Å². The van der Waals surface area contributed by atoms with Crippen LogP contribution in [0, 0.1) is 0 Å². The molecule has 2 rings (SSSR count). The van der Waals surface area contributed by atoms with E-state index in [0.717, 1.165) is 25.0 Å². The van der Waals surface area contributed by atoms with Gasteiger partial charge in [0, 0.05) is 26.7 Å². The lowest BCUT2D eigenvalue weighted by atomic mass is 9.88. The number of nitrogens with one attached hydrogen (secondary N) is 1. The van der Waals surface area contributed by atoms with E-state index in [9.17, 15) is 8.42 Å². The minimum Gasteiger partial charge on any atom is -0.497 e. The Hall–Kier alpha value is -1.11. The molecule has 0 spiro atoms. The Morgan fingerprint density at radius 1 is 1.33 bits per heavy atom. The third-order valence-corrected chi connectivity index (χ3v) is 5.82. The second kappa shape index (κ2) is 6.77. The summed E-state index contributed by atoms with van der Waals surface area (Å²) in [6.45, 7) is 0.491. The third-order valence-electron chi connectivity index (χ3n) is 3.99. The molecule has 0 saturated carbocycles. The Morgan fingerprint density at radius 3 is 2.76 bits per heavy atom. The smallest absolute Gasteiger partial charge is 0.214 e. The normalized spacial score (nSPS) is 18.6. The van der Waals surface area contributed by atoms with E-state index < -0.39 is 10.0 Å². The van der Waals surface area contributed by atoms with Crippen molar-refractivity contribution in [2.24, 2.45) is 0 Å². The van der Waals surface area contributed by atoms with Gasteiger partial charge in [0.05, 0.1) is 12.9 Å². The summed E-state index contributed by atoms with van der Waals surface area (Å²) >= 11 is 0. The van der Waals surface area contributed by atoms with E-state index in [2.05, 4.69) is 17.4 Å². The molecule has 0 aliphatic heterocycles. The number of ether oxygens (including phenoxy) is 1. The Morgan fingerprint density at radius 2 is 2.10 bits per heavy atom. The number of rotatable bonds is 6. The molecule has 0 radical (unpaired) electrons. The molecule has 5 nitrogen and oxygen atoms in total. The minimum absolute atomic E-state index is 0.140. The second-order valence-corrected chi connectivity index (χ2v) is 7.93. The van der Waals surface area contributed by atoms with Crippen LogP contribution in [0.5, 0.6) is 5.75 Å². The van der Waals surface area contributed by atoms with Crippen LogP contribution in [0.15, 0.2) is 18.2 Å². The lowest BCUT2D eigenvalue weighted by molar-refractivity contribution is 0.411. The molecule has 0 saturated heterocycles. The van der Waals surface area contributed by atoms with Gasteiger partial charge in [0.2, 0.25) is 10.0 Å². The van der Waals surface area contributed by atoms with Crippen molar-refractivity contribution in [1.82, 2.24) is 9.62 Å². The number of hydrogen-bond donors (Lipinski definition) is 1. The van der Waals surface area contributed by atoms with Gasteiger partial charge >= 0.3 is 0 Å². The predicted molar refractivity (Wildman–Crippen MR) is 84.3 cm³/mol. The molecule has 1 aromatic carbocycles. The number of aryl methyl sites for hydroxylation is 1. The summed E-state index contributed by atoms with van der Waals surface area (Å²) < 4.78 is 30.0. The van der Waals surface area contributed by atoms with Crippen molar-refractivity contribution in [3.05, 3.63) is 29.3 Å². The standard InChI is InChI=1S/C15H24N2O3S/c1-17(2)21(18,19)9-8-16-14-6-4-12-5-7-15(20-3)11-13(12)10-14/h5,7,11,14,16H,4,6,8-10H2,1-3H3. The first-order chi connectivity index (χ1) is 9.92. The summed E-state index contributed by atoms with van der Waals surface area (Å²) in [5.41, 5.74) is 2.67. The Balaban J connectivity index is 1.90. The molecule has 1 aliphatic rings. The zero-order valence-electron chi connectivity index (χ0n) is 12.9. The number of fused-ring (bicyclic) bond motifs is 1. The van der Waals surface area contributed by atoms with Crippen LogP contribution in [0.3, 0.4) is 0 Å². The van der Waals surface area contributed by atoms with Crippen LogP contribution >= 0.6 is 0 Å². The van der Waals surface area contributed by atoms with E-state index >= 15 is 0 Å². The maximum absolute atomic E-state index is 11.7. The van der Waals surface area contributed by atoms with Gasteiger partial charge in [-0.25, -0.2) is 12.7 Å². The monoisotopic (exact) mass is 312 g/mol. The zero-order valence-corrected chi connectivity index (χ0v) is 13.7. The van der Waals surface area contributed by atoms with Gasteiger partial charge in [-0.05, 0) is 42.5 Å². The van der Waals surface area contributed by atoms with Crippen LogP contribution in [0.1, 0.15) is 17.5 Å². The SMILES string of the molecule is COc1ccc2c(c1)CC(NCCS(=O)(=O)N(C)C)CC2. The number of benzene rings is 1. The summed E-state index contributed by atoms with van der Waals surface area (Å²) in [5.74, 6) is 1.02. The zero-order chi connectivity index (χ0) is 15.5. The second-order valence-electron chi connectivity index (χ2n) is 5.63. The van der Waals surface area contributed by atoms with Gasteiger partial charge in [0.25, 0.3) is 0 Å². The quantitative estimate of drug-likeness (QED) is 0.852. The molecule has 1 unspecified atom stereocenters. The highest BCUT2D eigenvalue weighted by molar-refractivity contribution is 7.89. The van der Waals surface area contributed by atoms with Crippen molar-refractivity contribution in [1.29, 1.82) is 0 Å². The molecule has 1 N–H and O–H groups in total. The van der Waals surface area contributed by atoms with Crippen LogP contribution in [0.25, 0.3) is 0 Å². The fraction of sp³-hybridized carbons (Fsp3) is 0.600. The van der Waals surface area contributed by atoms with Crippen molar-refractivity contribution >= 4 is 10.0 Å². The lowest BCUT2D eigenvalue weighted by Crippen LogP contribution is -2.39. The number of methoxy groups -OCH3 is 1. The average Bonchev–Trinajstić information content (AvgIpc) is 2.46. The van der Waals surface area contributed by atoms with Gasteiger partial charge in [-0.2, -0.15) is 0 Å². The highest BCUT2D eigenvalue weighted by Gasteiger charge is 2.20. The van der Waals surface area contributed by atoms with Crippen molar-refractivity contribution in [2.75, 3.05) is 33.5 Å². The van der Waals surface area contributed by atoms with E-state index in [1.54, 1.807) is 21.2 Å². The first-order valence-electron chi connectivity index (χ1n) is 7.22. The largest absolute Gasteiger partial charge is 0.497 e. The van der Waals surface area contributed by atoms with Gasteiger partial charge < -0.3 is 10.1 Å². The molecule has 0 bridgehead atoms. The first kappa shape index (κ1) is 16.3. The van der Waals surface area contributed by atoms with Gasteiger partial charge in [0.1, 0.15) is 5.75 Å². The van der Waals surface area contributed by atoms with E-state index in [1.807, 2.05) is 6.07 Å². The van der Waals surface area contributed by atoms with Crippen LogP contribution in [0.4, 0.5) is 0 Å². The van der Waals surface area contributed by atoms with Crippen LogP contribution in [0.2, 0.25) is 0 Å². The number of sulfonamides is 1. The molecular formula is C15H24N2O3S. The van der Waals surface area contributed by atoms with Gasteiger partial charge in [0.15, 0.2) is 0 Å². The lowest BCUT2D eigenvalue weighted by Gasteiger charge is -2.26. The summed E-state index contributed by atoms with van der Waals surface area (Å²) in [6, 6.07) is 6.54. The molecule has 1 aromatic rings. The summed E-state index contributed by atoms with van der Waals surface area (Å²) in [6.07, 6.45) is 2.99. The first-order valence-corrected chi connectivity index (χ1v) is 8.82. The van der Waals surface area contributed by atoms with Gasteiger partial charge in [-0.1, -0.05) is 6.07 Å². The molecule has 6 heteroatoms. The molecule has 0 fully saturated rings. The Bertz CT molecular complexity index is 585. The Kier molecular flexibility index (Phi) is 5.24. The number of nitrogens with zero attached hydrogens (tertiary/aromatic N) is 1. The minimum atomic E-state index is -3.12. The highest BCUT2D eigenvalue weighted by atomic mass is 32.2. The highest BCUT2D eigenvalue weighted by Crippen LogP contribution is 2.25. The fourth-order valence-corrected chi connectivity index (χ4v) is 3.35. The molecular weight excluding hydrogens is 288 g/mol. The Labute approximate surface area is 127 Å². The fourth-order valence-electron chi connectivity index (χ4n) is 2.61. The summed E-state index contributed by atoms with van der Waals surface area (Å²) in [7, 11) is 1.69. The molecule has 118 valence electrons. The molecule has 1 atom stereocenters. The van der Waals surface area contributed by atoms with Crippen molar-refractivity contribution < 1.29 is 13.2 Å². The molecule has 21 heavy (non-hydrogen) atoms. The topological polar surface area (TPSA) is 58.6 Å². The number of hydrogen-bond acceptors (Lipinski definition) is 4. The summed E-state index contributed by atoms with van der Waals surface area (Å²) in [5, 5.41) is 3.36. The van der Waals surface area contributed by atoms with Crippen molar-refractivity contribution in [3.63, 3.8) is 0 Å². The predicted octanol–water partition coefficient (Wildman–Crippen LogP) is 1.03. The maximum atomic E-state index is 11.7. The van der Waals surface area contributed by atoms with Crippen LogP contribution in [-0.4, -0.2) is 52.3 Å². The van der Waals surface area contributed by atoms with Crippen LogP contribution in [-0.2, 0) is 22.9 Å². The summed E-state index contributed by atoms with van der Waals surface area (Å²) in [4.78, 5) is 0. The molecule has 1 aliphatic carbocycles. The van der Waals surface area contributed by atoms with Crippen molar-refractivity contribution in [3.8, 4) is 5.75 Å². The maximum Gasteiger partial charge on any atom is 0.214 e. The van der Waals surface area contributed by atoms with Crippen molar-refractivity contribution in [2.45, 2.75) is 25.3 Å².